The molecule has 0 aliphatic rings. The number of methoxy groups -OCH3 is 2. The van der Waals surface area contributed by atoms with Gasteiger partial charge in [-0.2, -0.15) is 26.3 Å². The highest BCUT2D eigenvalue weighted by Crippen LogP contribution is 2.37. The van der Waals surface area contributed by atoms with E-state index in [1.807, 2.05) is 0 Å². The van der Waals surface area contributed by atoms with Crippen molar-refractivity contribution in [3.05, 3.63) is 53.1 Å². The first-order valence-corrected chi connectivity index (χ1v) is 10.3. The van der Waals surface area contributed by atoms with Crippen molar-refractivity contribution in [3.8, 4) is 11.5 Å². The van der Waals surface area contributed by atoms with E-state index in [9.17, 15) is 39.6 Å². The molecule has 0 saturated heterocycles. The second-order valence-electron chi connectivity index (χ2n) is 6.26. The molecule has 0 unspecified atom stereocenters. The van der Waals surface area contributed by atoms with Gasteiger partial charge in [0.05, 0.1) is 36.0 Å². The molecule has 0 heterocycles. The zero-order chi connectivity index (χ0) is 24.3. The SMILES string of the molecule is COc1ccc(C(=O)OCCS(=O)(=O)c2cc(C(F)(F)F)cc(C(F)(F)F)c2)c(OC)c1. The number of esters is 1. The van der Waals surface area contributed by atoms with Crippen LogP contribution in [-0.2, 0) is 26.9 Å². The van der Waals surface area contributed by atoms with Crippen molar-refractivity contribution in [2.75, 3.05) is 26.6 Å². The lowest BCUT2D eigenvalue weighted by molar-refractivity contribution is -0.143. The largest absolute Gasteiger partial charge is 0.497 e. The number of rotatable bonds is 7. The number of carbonyl (C=O) groups excluding carboxylic acids is 1. The summed E-state index contributed by atoms with van der Waals surface area (Å²) in [5.41, 5.74) is -3.64. The number of hydrogen-bond acceptors (Lipinski definition) is 6. The van der Waals surface area contributed by atoms with Crippen LogP contribution in [0.1, 0.15) is 21.5 Å². The van der Waals surface area contributed by atoms with Crippen LogP contribution < -0.4 is 9.47 Å². The third kappa shape index (κ3) is 6.05. The van der Waals surface area contributed by atoms with Gasteiger partial charge in [0, 0.05) is 6.07 Å². The van der Waals surface area contributed by atoms with Gasteiger partial charge in [-0.3, -0.25) is 0 Å². The lowest BCUT2D eigenvalue weighted by Crippen LogP contribution is -2.18. The molecule has 0 N–H and O–H groups in total. The molecule has 0 amide bonds. The Hall–Kier alpha value is -2.96. The van der Waals surface area contributed by atoms with Crippen molar-refractivity contribution in [1.29, 1.82) is 0 Å². The average Bonchev–Trinajstić information content (AvgIpc) is 2.71. The molecule has 2 aromatic carbocycles. The minimum absolute atomic E-state index is 0.0462. The minimum atomic E-state index is -5.21. The molecule has 6 nitrogen and oxygen atoms in total. The van der Waals surface area contributed by atoms with Crippen molar-refractivity contribution in [2.24, 2.45) is 0 Å². The van der Waals surface area contributed by atoms with Crippen LogP contribution in [0.5, 0.6) is 11.5 Å². The van der Waals surface area contributed by atoms with Crippen LogP contribution >= 0.6 is 0 Å². The molecule has 0 saturated carbocycles. The highest BCUT2D eigenvalue weighted by molar-refractivity contribution is 7.91. The second kappa shape index (κ2) is 9.27. The van der Waals surface area contributed by atoms with E-state index in [4.69, 9.17) is 14.2 Å². The first-order valence-electron chi connectivity index (χ1n) is 8.60. The molecule has 0 atom stereocenters. The second-order valence-corrected chi connectivity index (χ2v) is 8.37. The van der Waals surface area contributed by atoms with Crippen molar-refractivity contribution in [2.45, 2.75) is 17.2 Å². The van der Waals surface area contributed by atoms with Gasteiger partial charge in [0.2, 0.25) is 0 Å². The van der Waals surface area contributed by atoms with E-state index in [2.05, 4.69) is 0 Å². The molecule has 0 fully saturated rings. The predicted molar refractivity (Wildman–Crippen MR) is 98.3 cm³/mol. The van der Waals surface area contributed by atoms with E-state index in [1.165, 1.54) is 32.4 Å². The lowest BCUT2D eigenvalue weighted by Gasteiger charge is -2.14. The molecule has 0 radical (unpaired) electrons. The van der Waals surface area contributed by atoms with Crippen molar-refractivity contribution >= 4 is 15.8 Å². The van der Waals surface area contributed by atoms with E-state index in [0.717, 1.165) is 0 Å². The number of hydrogen-bond donors (Lipinski definition) is 0. The Morgan fingerprint density at radius 1 is 0.875 bits per heavy atom. The van der Waals surface area contributed by atoms with Crippen LogP contribution in [0.15, 0.2) is 41.3 Å². The van der Waals surface area contributed by atoms with E-state index in [0.29, 0.717) is 5.75 Å². The molecule has 0 aliphatic heterocycles. The average molecular weight is 486 g/mol. The van der Waals surface area contributed by atoms with E-state index < -0.39 is 56.5 Å². The predicted octanol–water partition coefficient (Wildman–Crippen LogP) is 4.37. The molecule has 2 rings (SSSR count). The Bertz CT molecular complexity index is 1060. The normalized spacial score (nSPS) is 12.4. The van der Waals surface area contributed by atoms with E-state index >= 15 is 0 Å². The molecule has 2 aromatic rings. The van der Waals surface area contributed by atoms with Crippen molar-refractivity contribution in [1.82, 2.24) is 0 Å². The third-order valence-corrected chi connectivity index (χ3v) is 5.79. The van der Waals surface area contributed by atoms with Gasteiger partial charge in [0.1, 0.15) is 23.7 Å². The molecule has 13 heteroatoms. The molecule has 32 heavy (non-hydrogen) atoms. The van der Waals surface area contributed by atoms with Gasteiger partial charge in [-0.1, -0.05) is 0 Å². The van der Waals surface area contributed by atoms with Crippen LogP contribution in [0.4, 0.5) is 26.3 Å². The highest BCUT2D eigenvalue weighted by atomic mass is 32.2. The summed E-state index contributed by atoms with van der Waals surface area (Å²) in [5, 5.41) is 0. The molecule has 0 aliphatic carbocycles. The van der Waals surface area contributed by atoms with E-state index in [-0.39, 0.29) is 29.5 Å². The fourth-order valence-corrected chi connectivity index (χ4v) is 3.66. The number of halogens is 6. The molecular formula is C19H16F6O6S. The number of sulfone groups is 1. The van der Waals surface area contributed by atoms with E-state index in [1.54, 1.807) is 0 Å². The van der Waals surface area contributed by atoms with Crippen LogP contribution in [-0.4, -0.2) is 41.0 Å². The minimum Gasteiger partial charge on any atom is -0.497 e. The number of alkyl halides is 6. The molecule has 0 aromatic heterocycles. The van der Waals surface area contributed by atoms with Crippen molar-refractivity contribution in [3.63, 3.8) is 0 Å². The standard InChI is InChI=1S/C19H16F6O6S/c1-29-13-3-4-15(16(10-13)30-2)17(26)31-5-6-32(27,28)14-8-11(18(20,21)22)7-12(9-14)19(23,24)25/h3-4,7-10H,5-6H2,1-2H3. The first-order chi connectivity index (χ1) is 14.7. The summed E-state index contributed by atoms with van der Waals surface area (Å²) < 4.78 is 117. The Labute approximate surface area is 178 Å². The van der Waals surface area contributed by atoms with Gasteiger partial charge in [0.25, 0.3) is 0 Å². The van der Waals surface area contributed by atoms with Crippen LogP contribution in [0.3, 0.4) is 0 Å². The Balaban J connectivity index is 2.23. The van der Waals surface area contributed by atoms with Crippen LogP contribution in [0.25, 0.3) is 0 Å². The molecule has 176 valence electrons. The smallest absolute Gasteiger partial charge is 0.416 e. The van der Waals surface area contributed by atoms with Gasteiger partial charge in [-0.15, -0.1) is 0 Å². The lowest BCUT2D eigenvalue weighted by atomic mass is 10.1. The fraction of sp³-hybridized carbons (Fsp3) is 0.316. The Kier molecular flexibility index (Phi) is 7.33. The summed E-state index contributed by atoms with van der Waals surface area (Å²) in [7, 11) is -2.04. The Morgan fingerprint density at radius 2 is 1.44 bits per heavy atom. The zero-order valence-corrected chi connectivity index (χ0v) is 17.3. The fourth-order valence-electron chi connectivity index (χ4n) is 2.51. The summed E-state index contributed by atoms with van der Waals surface area (Å²) >= 11 is 0. The Morgan fingerprint density at radius 3 is 1.91 bits per heavy atom. The maximum atomic E-state index is 12.9. The number of ether oxygens (including phenoxy) is 3. The monoisotopic (exact) mass is 486 g/mol. The topological polar surface area (TPSA) is 78.9 Å². The summed E-state index contributed by atoms with van der Waals surface area (Å²) in [5.74, 6) is -1.66. The van der Waals surface area contributed by atoms with Gasteiger partial charge < -0.3 is 14.2 Å². The maximum Gasteiger partial charge on any atom is 0.416 e. The molecule has 0 spiro atoms. The highest BCUT2D eigenvalue weighted by Gasteiger charge is 2.38. The molecular weight excluding hydrogens is 470 g/mol. The summed E-state index contributed by atoms with van der Waals surface area (Å²) in [6.45, 7) is -0.825. The van der Waals surface area contributed by atoms with Crippen LogP contribution in [0, 0.1) is 0 Å². The number of carbonyl (C=O) groups is 1. The van der Waals surface area contributed by atoms with Gasteiger partial charge in [-0.25, -0.2) is 13.2 Å². The summed E-state index contributed by atoms with van der Waals surface area (Å²) in [6, 6.07) is 4.04. The first kappa shape index (κ1) is 25.3. The molecule has 0 bridgehead atoms. The third-order valence-electron chi connectivity index (χ3n) is 4.13. The van der Waals surface area contributed by atoms with Gasteiger partial charge >= 0.3 is 18.3 Å². The van der Waals surface area contributed by atoms with Crippen molar-refractivity contribution < 1.29 is 53.8 Å². The quantitative estimate of drug-likeness (QED) is 0.427. The van der Waals surface area contributed by atoms with Gasteiger partial charge in [0.15, 0.2) is 9.84 Å². The number of benzene rings is 2. The zero-order valence-electron chi connectivity index (χ0n) is 16.5. The van der Waals surface area contributed by atoms with Crippen LogP contribution in [0.2, 0.25) is 0 Å². The maximum absolute atomic E-state index is 12.9. The summed E-state index contributed by atoms with van der Waals surface area (Å²) in [6.07, 6.45) is -10.4. The summed E-state index contributed by atoms with van der Waals surface area (Å²) in [4.78, 5) is 11.0. The van der Waals surface area contributed by atoms with Gasteiger partial charge in [-0.05, 0) is 30.3 Å².